The van der Waals surface area contributed by atoms with Gasteiger partial charge in [-0.15, -0.1) is 11.8 Å². The van der Waals surface area contributed by atoms with Crippen LogP contribution in [0, 0.1) is 5.92 Å². The number of thioether (sulfide) groups is 1. The standard InChI is InChI=1S/C22H40N10S/c1-3-12-27-19(23)31-21(25)29-14-8-9-17(16-33-18-10-6-5-7-11-18)15-30-22(26)32-20(24)28-13-4-2/h5-7,10-11,17H,3-4,8-9,12-16H2,1-2H3,(H5,23,25,27,29,31)(H5,24,26,28,30,32). The number of hydrogen-bond acceptors (Lipinski definition) is 5. The third-order valence-electron chi connectivity index (χ3n) is 4.33. The van der Waals surface area contributed by atoms with Crippen molar-refractivity contribution in [3.63, 3.8) is 0 Å². The molecule has 1 atom stereocenters. The molecule has 10 nitrogen and oxygen atoms in total. The first-order valence-corrected chi connectivity index (χ1v) is 12.3. The Labute approximate surface area is 201 Å². The van der Waals surface area contributed by atoms with Crippen molar-refractivity contribution < 1.29 is 0 Å². The molecule has 0 aliphatic rings. The predicted molar refractivity (Wildman–Crippen MR) is 143 cm³/mol. The van der Waals surface area contributed by atoms with Crippen LogP contribution in [0.2, 0.25) is 0 Å². The lowest BCUT2D eigenvalue weighted by atomic mass is 10.1. The molecule has 0 aromatic heterocycles. The van der Waals surface area contributed by atoms with Gasteiger partial charge in [0.2, 0.25) is 0 Å². The van der Waals surface area contributed by atoms with E-state index < -0.39 is 0 Å². The molecule has 1 aromatic rings. The summed E-state index contributed by atoms with van der Waals surface area (Å²) in [5.41, 5.74) is 23.4. The summed E-state index contributed by atoms with van der Waals surface area (Å²) in [6, 6.07) is 10.3. The van der Waals surface area contributed by atoms with Crippen LogP contribution in [-0.2, 0) is 0 Å². The van der Waals surface area contributed by atoms with E-state index in [9.17, 15) is 0 Å². The topological polar surface area (TPSA) is 178 Å². The third-order valence-corrected chi connectivity index (χ3v) is 5.57. The van der Waals surface area contributed by atoms with E-state index in [0.29, 0.717) is 32.1 Å². The molecule has 0 saturated carbocycles. The van der Waals surface area contributed by atoms with Gasteiger partial charge in [0.15, 0.2) is 23.8 Å². The number of rotatable bonds is 13. The number of guanidine groups is 4. The molecule has 33 heavy (non-hydrogen) atoms. The van der Waals surface area contributed by atoms with E-state index in [4.69, 9.17) is 22.9 Å². The lowest BCUT2D eigenvalue weighted by molar-refractivity contribution is 0.533. The molecule has 0 heterocycles. The highest BCUT2D eigenvalue weighted by molar-refractivity contribution is 7.99. The molecule has 11 heteroatoms. The Balaban J connectivity index is 2.60. The van der Waals surface area contributed by atoms with E-state index in [1.54, 1.807) is 11.8 Å². The second-order valence-corrected chi connectivity index (χ2v) is 8.50. The number of nitrogens with one attached hydrogen (secondary N) is 2. The molecule has 0 aliphatic heterocycles. The van der Waals surface area contributed by atoms with Crippen LogP contribution < -0.4 is 33.6 Å². The van der Waals surface area contributed by atoms with Gasteiger partial charge in [-0.25, -0.2) is 0 Å². The Morgan fingerprint density at radius 2 is 1.30 bits per heavy atom. The van der Waals surface area contributed by atoms with E-state index in [2.05, 4.69) is 42.7 Å². The molecule has 0 bridgehead atoms. The number of benzene rings is 1. The number of aliphatic imine (C=N–C) groups is 4. The van der Waals surface area contributed by atoms with Gasteiger partial charge in [-0.3, -0.25) is 30.6 Å². The highest BCUT2D eigenvalue weighted by Gasteiger charge is 2.10. The molecule has 0 fully saturated rings. The summed E-state index contributed by atoms with van der Waals surface area (Å²) in [7, 11) is 0. The van der Waals surface area contributed by atoms with Crippen molar-refractivity contribution in [2.45, 2.75) is 44.4 Å². The first-order valence-electron chi connectivity index (χ1n) is 11.4. The molecular formula is C22H40N10S. The molecule has 184 valence electrons. The average Bonchev–Trinajstić information content (AvgIpc) is 2.80. The zero-order valence-electron chi connectivity index (χ0n) is 19.8. The van der Waals surface area contributed by atoms with Gasteiger partial charge in [0, 0.05) is 36.8 Å². The van der Waals surface area contributed by atoms with Crippen molar-refractivity contribution in [3.8, 4) is 0 Å². The van der Waals surface area contributed by atoms with Gasteiger partial charge in [-0.2, -0.15) is 0 Å². The van der Waals surface area contributed by atoms with Crippen LogP contribution >= 0.6 is 11.8 Å². The van der Waals surface area contributed by atoms with Gasteiger partial charge >= 0.3 is 0 Å². The van der Waals surface area contributed by atoms with Gasteiger partial charge in [-0.1, -0.05) is 32.0 Å². The van der Waals surface area contributed by atoms with E-state index in [0.717, 1.165) is 31.4 Å². The highest BCUT2D eigenvalue weighted by atomic mass is 32.2. The first-order chi connectivity index (χ1) is 15.9. The first kappa shape index (κ1) is 28.1. The molecular weight excluding hydrogens is 436 g/mol. The second kappa shape index (κ2) is 17.6. The zero-order chi connectivity index (χ0) is 24.3. The number of nitrogens with zero attached hydrogens (tertiary/aromatic N) is 4. The molecule has 1 unspecified atom stereocenters. The fourth-order valence-corrected chi connectivity index (χ4v) is 3.70. The van der Waals surface area contributed by atoms with Crippen LogP contribution in [0.15, 0.2) is 55.2 Å². The van der Waals surface area contributed by atoms with Crippen molar-refractivity contribution in [2.75, 3.05) is 31.9 Å². The van der Waals surface area contributed by atoms with E-state index in [1.807, 2.05) is 32.0 Å². The zero-order valence-corrected chi connectivity index (χ0v) is 20.7. The summed E-state index contributed by atoms with van der Waals surface area (Å²) in [5, 5.41) is 5.64. The Morgan fingerprint density at radius 1 is 0.788 bits per heavy atom. The molecule has 0 saturated heterocycles. The molecule has 0 aliphatic carbocycles. The van der Waals surface area contributed by atoms with Crippen molar-refractivity contribution in [2.24, 2.45) is 48.8 Å². The van der Waals surface area contributed by atoms with E-state index in [-0.39, 0.29) is 23.8 Å². The third kappa shape index (κ3) is 14.7. The Morgan fingerprint density at radius 3 is 1.85 bits per heavy atom. The summed E-state index contributed by atoms with van der Waals surface area (Å²) in [5.74, 6) is 2.34. The fourth-order valence-electron chi connectivity index (χ4n) is 2.65. The summed E-state index contributed by atoms with van der Waals surface area (Å²) in [4.78, 5) is 18.3. The van der Waals surface area contributed by atoms with Crippen LogP contribution in [0.25, 0.3) is 0 Å². The van der Waals surface area contributed by atoms with Crippen molar-refractivity contribution >= 4 is 35.6 Å². The maximum atomic E-state index is 5.98. The summed E-state index contributed by atoms with van der Waals surface area (Å²) >= 11 is 1.80. The van der Waals surface area contributed by atoms with Gasteiger partial charge in [0.1, 0.15) is 0 Å². The smallest absolute Gasteiger partial charge is 0.195 e. The van der Waals surface area contributed by atoms with Crippen molar-refractivity contribution in [3.05, 3.63) is 30.3 Å². The minimum absolute atomic E-state index is 0.273. The van der Waals surface area contributed by atoms with Crippen molar-refractivity contribution in [1.82, 2.24) is 10.6 Å². The van der Waals surface area contributed by atoms with Crippen LogP contribution in [0.5, 0.6) is 0 Å². The summed E-state index contributed by atoms with van der Waals surface area (Å²) in [6.45, 7) is 6.53. The Kier molecular flexibility index (Phi) is 15.0. The van der Waals surface area contributed by atoms with Crippen LogP contribution in [0.4, 0.5) is 0 Å². The SMILES string of the molecule is CCCN=C(N)NC(N)=NCCCC(CN=C(N)NC(N)=NCCC)CSc1ccccc1. The molecule has 1 aromatic carbocycles. The summed E-state index contributed by atoms with van der Waals surface area (Å²) < 4.78 is 0. The van der Waals surface area contributed by atoms with Crippen molar-refractivity contribution in [1.29, 1.82) is 0 Å². The fraction of sp³-hybridized carbons (Fsp3) is 0.545. The van der Waals surface area contributed by atoms with E-state index >= 15 is 0 Å². The molecule has 1 rings (SSSR count). The monoisotopic (exact) mass is 476 g/mol. The maximum Gasteiger partial charge on any atom is 0.195 e. The predicted octanol–water partition coefficient (Wildman–Crippen LogP) is 1.43. The second-order valence-electron chi connectivity index (χ2n) is 7.41. The van der Waals surface area contributed by atoms with Crippen LogP contribution in [0.3, 0.4) is 0 Å². The lowest BCUT2D eigenvalue weighted by Gasteiger charge is -2.15. The minimum Gasteiger partial charge on any atom is -0.370 e. The average molecular weight is 477 g/mol. The van der Waals surface area contributed by atoms with Gasteiger partial charge < -0.3 is 22.9 Å². The maximum absolute atomic E-state index is 5.98. The summed E-state index contributed by atoms with van der Waals surface area (Å²) in [6.07, 6.45) is 3.62. The van der Waals surface area contributed by atoms with Gasteiger partial charge in [-0.05, 0) is 43.7 Å². The largest absolute Gasteiger partial charge is 0.370 e. The Hall–Kier alpha value is -2.95. The molecule has 0 radical (unpaired) electrons. The number of hydrogen-bond donors (Lipinski definition) is 6. The quantitative estimate of drug-likeness (QED) is 0.108. The molecule has 0 spiro atoms. The molecule has 10 N–H and O–H groups in total. The number of nitrogens with two attached hydrogens (primary N) is 4. The molecule has 0 amide bonds. The lowest BCUT2D eigenvalue weighted by Crippen LogP contribution is -2.42. The van der Waals surface area contributed by atoms with Crippen LogP contribution in [-0.4, -0.2) is 55.8 Å². The van der Waals surface area contributed by atoms with Crippen LogP contribution in [0.1, 0.15) is 39.5 Å². The highest BCUT2D eigenvalue weighted by Crippen LogP contribution is 2.22. The Bertz CT molecular complexity index is 777. The minimum atomic E-state index is 0.273. The normalized spacial score (nSPS) is 14.2. The van der Waals surface area contributed by atoms with Gasteiger partial charge in [0.05, 0.1) is 0 Å². The van der Waals surface area contributed by atoms with Gasteiger partial charge in [0.25, 0.3) is 0 Å². The van der Waals surface area contributed by atoms with E-state index in [1.165, 1.54) is 4.90 Å².